The van der Waals surface area contributed by atoms with Crippen molar-refractivity contribution in [2.45, 2.75) is 43.8 Å². The minimum Gasteiger partial charge on any atom is -0.354 e. The molecule has 1 amide bonds. The summed E-state index contributed by atoms with van der Waals surface area (Å²) in [6, 6.07) is 4.78. The molecule has 2 aromatic heterocycles. The Hall–Kier alpha value is -3.17. The summed E-state index contributed by atoms with van der Waals surface area (Å²) in [5.74, 6) is 0.536. The van der Waals surface area contributed by atoms with Gasteiger partial charge in [-0.3, -0.25) is 9.20 Å². The number of halogens is 3. The smallest absolute Gasteiger partial charge is 0.354 e. The zero-order valence-corrected chi connectivity index (χ0v) is 15.9. The largest absolute Gasteiger partial charge is 0.393 e. The van der Waals surface area contributed by atoms with E-state index >= 15 is 0 Å². The second kappa shape index (κ2) is 6.96. The van der Waals surface area contributed by atoms with E-state index in [0.29, 0.717) is 41.6 Å². The van der Waals surface area contributed by atoms with E-state index in [1.54, 1.807) is 16.5 Å². The maximum Gasteiger partial charge on any atom is 0.393 e. The van der Waals surface area contributed by atoms with E-state index in [1.807, 2.05) is 6.07 Å². The van der Waals surface area contributed by atoms with Gasteiger partial charge in [0.1, 0.15) is 18.1 Å². The first kappa shape index (κ1) is 18.8. The molecule has 156 valence electrons. The lowest BCUT2D eigenvalue weighted by atomic mass is 9.96. The fourth-order valence-electron chi connectivity index (χ4n) is 3.89. The number of rotatable bonds is 5. The van der Waals surface area contributed by atoms with Crippen molar-refractivity contribution in [1.82, 2.24) is 24.9 Å². The Morgan fingerprint density at radius 1 is 1.20 bits per heavy atom. The highest BCUT2D eigenvalue weighted by Gasteiger charge is 2.32. The SMILES string of the molecule is O=C1NCCC1Nc1nnc(-c2ccc(C3CC3)cc2CC(F)(F)F)c2cncn12. The third kappa shape index (κ3) is 3.57. The molecule has 5 rings (SSSR count). The molecule has 3 heterocycles. The fraction of sp³-hybridized carbons (Fsp3) is 0.400. The second-order valence-electron chi connectivity index (χ2n) is 7.78. The summed E-state index contributed by atoms with van der Waals surface area (Å²) in [6.07, 6.45) is 0.294. The summed E-state index contributed by atoms with van der Waals surface area (Å²) in [4.78, 5) is 16.0. The number of aromatic nitrogens is 4. The predicted octanol–water partition coefficient (Wildman–Crippen LogP) is 3.07. The van der Waals surface area contributed by atoms with Crippen molar-refractivity contribution in [3.63, 3.8) is 0 Å². The van der Waals surface area contributed by atoms with E-state index in [0.717, 1.165) is 18.4 Å². The molecule has 2 N–H and O–H groups in total. The molecule has 0 radical (unpaired) electrons. The molecule has 1 aliphatic heterocycles. The highest BCUT2D eigenvalue weighted by molar-refractivity contribution is 5.86. The lowest BCUT2D eigenvalue weighted by Gasteiger charge is -2.16. The molecule has 30 heavy (non-hydrogen) atoms. The average Bonchev–Trinajstić information content (AvgIpc) is 3.28. The number of imidazole rings is 1. The second-order valence-corrected chi connectivity index (χ2v) is 7.78. The normalized spacial score (nSPS) is 19.3. The van der Waals surface area contributed by atoms with E-state index in [-0.39, 0.29) is 11.5 Å². The molecule has 2 fully saturated rings. The van der Waals surface area contributed by atoms with E-state index < -0.39 is 18.6 Å². The van der Waals surface area contributed by atoms with Crippen LogP contribution in [0.4, 0.5) is 19.1 Å². The zero-order chi connectivity index (χ0) is 20.9. The lowest BCUT2D eigenvalue weighted by molar-refractivity contribution is -0.127. The average molecular weight is 416 g/mol. The number of benzene rings is 1. The third-order valence-corrected chi connectivity index (χ3v) is 5.53. The van der Waals surface area contributed by atoms with Gasteiger partial charge in [0, 0.05) is 12.1 Å². The van der Waals surface area contributed by atoms with Gasteiger partial charge in [-0.15, -0.1) is 10.2 Å². The van der Waals surface area contributed by atoms with Crippen molar-refractivity contribution in [2.24, 2.45) is 0 Å². The highest BCUT2D eigenvalue weighted by Crippen LogP contribution is 2.42. The Kier molecular flexibility index (Phi) is 4.37. The van der Waals surface area contributed by atoms with Crippen LogP contribution in [-0.4, -0.2) is 44.3 Å². The van der Waals surface area contributed by atoms with Crippen LogP contribution in [0.3, 0.4) is 0 Å². The summed E-state index contributed by atoms with van der Waals surface area (Å²) in [7, 11) is 0. The molecule has 1 atom stereocenters. The van der Waals surface area contributed by atoms with Crippen molar-refractivity contribution >= 4 is 17.4 Å². The third-order valence-electron chi connectivity index (χ3n) is 5.53. The van der Waals surface area contributed by atoms with Crippen LogP contribution in [0.2, 0.25) is 0 Å². The van der Waals surface area contributed by atoms with Gasteiger partial charge in [0.2, 0.25) is 11.9 Å². The van der Waals surface area contributed by atoms with Crippen molar-refractivity contribution in [2.75, 3.05) is 11.9 Å². The van der Waals surface area contributed by atoms with E-state index in [2.05, 4.69) is 25.8 Å². The molecule has 1 unspecified atom stereocenters. The highest BCUT2D eigenvalue weighted by atomic mass is 19.4. The zero-order valence-electron chi connectivity index (χ0n) is 15.9. The molecule has 1 aromatic carbocycles. The van der Waals surface area contributed by atoms with Gasteiger partial charge in [-0.2, -0.15) is 13.2 Å². The number of alkyl halides is 3. The first-order valence-corrected chi connectivity index (χ1v) is 9.82. The van der Waals surface area contributed by atoms with Gasteiger partial charge < -0.3 is 10.6 Å². The number of nitrogens with zero attached hydrogens (tertiary/aromatic N) is 4. The van der Waals surface area contributed by atoms with Gasteiger partial charge in [-0.1, -0.05) is 18.2 Å². The quantitative estimate of drug-likeness (QED) is 0.668. The van der Waals surface area contributed by atoms with Crippen LogP contribution in [0, 0.1) is 0 Å². The summed E-state index contributed by atoms with van der Waals surface area (Å²) in [6.45, 7) is 0.573. The van der Waals surface area contributed by atoms with Gasteiger partial charge in [0.25, 0.3) is 0 Å². The lowest BCUT2D eigenvalue weighted by Crippen LogP contribution is -2.30. The van der Waals surface area contributed by atoms with Crippen LogP contribution in [0.25, 0.3) is 16.8 Å². The van der Waals surface area contributed by atoms with E-state index in [4.69, 9.17) is 0 Å². The summed E-state index contributed by atoms with van der Waals surface area (Å²) in [5.41, 5.74) is 2.35. The number of nitrogens with one attached hydrogen (secondary N) is 2. The van der Waals surface area contributed by atoms with Gasteiger partial charge >= 0.3 is 6.18 Å². The molecular formula is C20H19F3N6O. The van der Waals surface area contributed by atoms with Crippen LogP contribution in [0.5, 0.6) is 0 Å². The first-order valence-electron chi connectivity index (χ1n) is 9.82. The van der Waals surface area contributed by atoms with Gasteiger partial charge in [-0.05, 0) is 36.3 Å². The molecule has 1 saturated heterocycles. The molecule has 10 heteroatoms. The fourth-order valence-corrected chi connectivity index (χ4v) is 3.89. The number of hydrogen-bond acceptors (Lipinski definition) is 5. The number of fused-ring (bicyclic) bond motifs is 1. The van der Waals surface area contributed by atoms with Crippen molar-refractivity contribution in [3.8, 4) is 11.3 Å². The molecule has 0 bridgehead atoms. The van der Waals surface area contributed by atoms with Crippen molar-refractivity contribution in [1.29, 1.82) is 0 Å². The van der Waals surface area contributed by atoms with Crippen LogP contribution < -0.4 is 10.6 Å². The van der Waals surface area contributed by atoms with Crippen molar-refractivity contribution < 1.29 is 18.0 Å². The summed E-state index contributed by atoms with van der Waals surface area (Å²) >= 11 is 0. The Labute approximate surface area is 169 Å². The first-order chi connectivity index (χ1) is 14.4. The Bertz CT molecular complexity index is 1120. The molecule has 1 saturated carbocycles. The maximum absolute atomic E-state index is 13.3. The Morgan fingerprint density at radius 2 is 2.03 bits per heavy atom. The summed E-state index contributed by atoms with van der Waals surface area (Å²) in [5, 5.41) is 14.2. The van der Waals surface area contributed by atoms with Gasteiger partial charge in [0.05, 0.1) is 18.1 Å². The molecule has 2 aliphatic rings. The number of carbonyl (C=O) groups excluding carboxylic acids is 1. The van der Waals surface area contributed by atoms with E-state index in [1.165, 1.54) is 12.5 Å². The molecule has 1 aliphatic carbocycles. The van der Waals surface area contributed by atoms with E-state index in [9.17, 15) is 18.0 Å². The van der Waals surface area contributed by atoms with Crippen LogP contribution >= 0.6 is 0 Å². The number of carbonyl (C=O) groups is 1. The topological polar surface area (TPSA) is 84.2 Å². The number of hydrogen-bond donors (Lipinski definition) is 2. The standard InChI is InChI=1S/C20H19F3N6O/c21-20(22,23)8-13-7-12(11-1-2-11)3-4-14(13)17-16-9-24-10-29(16)19(28-27-17)26-15-5-6-25-18(15)30/h3-4,7,9-11,15H,1-2,5-6,8H2,(H,25,30)(H,26,28). The minimum absolute atomic E-state index is 0.128. The molecule has 0 spiro atoms. The van der Waals surface area contributed by atoms with Crippen LogP contribution in [-0.2, 0) is 11.2 Å². The minimum atomic E-state index is -4.34. The number of amides is 1. The van der Waals surface area contributed by atoms with Crippen molar-refractivity contribution in [3.05, 3.63) is 41.9 Å². The van der Waals surface area contributed by atoms with Gasteiger partial charge in [-0.25, -0.2) is 4.98 Å². The molecule has 3 aromatic rings. The Balaban J connectivity index is 1.57. The Morgan fingerprint density at radius 3 is 2.73 bits per heavy atom. The number of anilines is 1. The summed E-state index contributed by atoms with van der Waals surface area (Å²) < 4.78 is 41.4. The molecule has 7 nitrogen and oxygen atoms in total. The van der Waals surface area contributed by atoms with Crippen LogP contribution in [0.15, 0.2) is 30.7 Å². The predicted molar refractivity (Wildman–Crippen MR) is 103 cm³/mol. The maximum atomic E-state index is 13.3. The monoisotopic (exact) mass is 416 g/mol. The van der Waals surface area contributed by atoms with Gasteiger partial charge in [0.15, 0.2) is 0 Å². The molecular weight excluding hydrogens is 397 g/mol. The van der Waals surface area contributed by atoms with Crippen LogP contribution in [0.1, 0.15) is 36.3 Å².